The summed E-state index contributed by atoms with van der Waals surface area (Å²) in [7, 11) is 3.60. The Kier molecular flexibility index (Phi) is 4.11. The third-order valence-electron chi connectivity index (χ3n) is 2.93. The van der Waals surface area contributed by atoms with Crippen LogP contribution in [0.5, 0.6) is 0 Å². The van der Waals surface area contributed by atoms with Crippen LogP contribution in [0.2, 0.25) is 0 Å². The third kappa shape index (κ3) is 3.08. The maximum absolute atomic E-state index is 13.6. The molecule has 19 heavy (non-hydrogen) atoms. The molecular formula is C13H17FN4O. The second-order valence-corrected chi connectivity index (χ2v) is 4.38. The number of anilines is 1. The smallest absolute Gasteiger partial charge is 0.318 e. The van der Waals surface area contributed by atoms with Gasteiger partial charge in [-0.1, -0.05) is 23.3 Å². The lowest BCUT2D eigenvalue weighted by Gasteiger charge is -2.14. The van der Waals surface area contributed by atoms with Gasteiger partial charge in [-0.2, -0.15) is 0 Å². The van der Waals surface area contributed by atoms with Gasteiger partial charge in [-0.25, -0.2) is 4.39 Å². The summed E-state index contributed by atoms with van der Waals surface area (Å²) in [6.07, 6.45) is 0. The Labute approximate surface area is 111 Å². The van der Waals surface area contributed by atoms with E-state index < -0.39 is 0 Å². The summed E-state index contributed by atoms with van der Waals surface area (Å²) >= 11 is 0. The van der Waals surface area contributed by atoms with E-state index in [0.29, 0.717) is 24.0 Å². The zero-order valence-electron chi connectivity index (χ0n) is 11.2. The summed E-state index contributed by atoms with van der Waals surface area (Å²) < 4.78 is 19.1. The number of halogens is 1. The Morgan fingerprint density at radius 1 is 1.37 bits per heavy atom. The van der Waals surface area contributed by atoms with Gasteiger partial charge in [0.1, 0.15) is 5.82 Å². The molecule has 102 valence electrons. The van der Waals surface area contributed by atoms with E-state index in [0.717, 1.165) is 0 Å². The third-order valence-corrected chi connectivity index (χ3v) is 2.93. The number of benzene rings is 1. The molecule has 0 aliphatic carbocycles. The maximum atomic E-state index is 13.6. The van der Waals surface area contributed by atoms with E-state index in [1.807, 2.05) is 14.0 Å². The van der Waals surface area contributed by atoms with Gasteiger partial charge in [-0.15, -0.1) is 5.10 Å². The fourth-order valence-corrected chi connectivity index (χ4v) is 1.63. The van der Waals surface area contributed by atoms with Crippen molar-refractivity contribution in [3.05, 3.63) is 41.5 Å². The minimum atomic E-state index is -0.238. The summed E-state index contributed by atoms with van der Waals surface area (Å²) in [5, 5.41) is 10.9. The Morgan fingerprint density at radius 2 is 2.11 bits per heavy atom. The molecule has 1 heterocycles. The molecule has 1 aromatic carbocycles. The van der Waals surface area contributed by atoms with Gasteiger partial charge in [-0.05, 0) is 20.0 Å². The number of rotatable bonds is 5. The van der Waals surface area contributed by atoms with Crippen molar-refractivity contribution in [2.45, 2.75) is 19.5 Å². The van der Waals surface area contributed by atoms with Crippen LogP contribution in [0.1, 0.15) is 24.4 Å². The van der Waals surface area contributed by atoms with E-state index >= 15 is 0 Å². The highest BCUT2D eigenvalue weighted by Gasteiger charge is 2.15. The lowest BCUT2D eigenvalue weighted by molar-refractivity contribution is 0.432. The zero-order valence-corrected chi connectivity index (χ0v) is 11.2. The van der Waals surface area contributed by atoms with E-state index in [1.54, 1.807) is 30.1 Å². The van der Waals surface area contributed by atoms with Crippen LogP contribution in [0, 0.1) is 5.82 Å². The van der Waals surface area contributed by atoms with Crippen LogP contribution in [0.15, 0.2) is 28.7 Å². The van der Waals surface area contributed by atoms with Crippen molar-refractivity contribution >= 4 is 6.01 Å². The molecule has 0 spiro atoms. The Hall–Kier alpha value is -1.95. The summed E-state index contributed by atoms with van der Waals surface area (Å²) in [6.45, 7) is 2.30. The Bertz CT molecular complexity index is 543. The van der Waals surface area contributed by atoms with Gasteiger partial charge in [-0.3, -0.25) is 0 Å². The molecule has 0 saturated heterocycles. The highest BCUT2D eigenvalue weighted by atomic mass is 19.1. The molecule has 2 aromatic rings. The van der Waals surface area contributed by atoms with Crippen molar-refractivity contribution in [1.29, 1.82) is 0 Å². The van der Waals surface area contributed by atoms with Crippen LogP contribution in [0.25, 0.3) is 0 Å². The van der Waals surface area contributed by atoms with Gasteiger partial charge >= 0.3 is 6.01 Å². The monoisotopic (exact) mass is 264 g/mol. The number of nitrogens with zero attached hydrogens (tertiary/aromatic N) is 3. The highest BCUT2D eigenvalue weighted by Crippen LogP contribution is 2.18. The first-order valence-electron chi connectivity index (χ1n) is 6.07. The molecule has 0 amide bonds. The number of hydrogen-bond acceptors (Lipinski definition) is 5. The van der Waals surface area contributed by atoms with Crippen molar-refractivity contribution in [2.24, 2.45) is 0 Å². The van der Waals surface area contributed by atoms with Crippen molar-refractivity contribution in [2.75, 3.05) is 19.0 Å². The first-order valence-corrected chi connectivity index (χ1v) is 6.07. The summed E-state index contributed by atoms with van der Waals surface area (Å²) in [6, 6.07) is 7.00. The molecule has 0 fully saturated rings. The average Bonchev–Trinajstić information content (AvgIpc) is 2.90. The molecule has 1 aromatic heterocycles. The van der Waals surface area contributed by atoms with Crippen LogP contribution < -0.4 is 10.2 Å². The zero-order chi connectivity index (χ0) is 13.8. The molecule has 0 bridgehead atoms. The number of aromatic nitrogens is 2. The fraction of sp³-hybridized carbons (Fsp3) is 0.385. The quantitative estimate of drug-likeness (QED) is 0.896. The van der Waals surface area contributed by atoms with Crippen LogP contribution in [-0.4, -0.2) is 24.3 Å². The van der Waals surface area contributed by atoms with Gasteiger partial charge < -0.3 is 14.6 Å². The molecule has 0 radical (unpaired) electrons. The van der Waals surface area contributed by atoms with Gasteiger partial charge in [0.05, 0.1) is 6.04 Å². The predicted molar refractivity (Wildman–Crippen MR) is 70.3 cm³/mol. The lowest BCUT2D eigenvalue weighted by atomic mass is 10.2. The molecule has 1 atom stereocenters. The number of nitrogens with one attached hydrogen (secondary N) is 1. The maximum Gasteiger partial charge on any atom is 0.318 e. The van der Waals surface area contributed by atoms with Gasteiger partial charge in [0.25, 0.3) is 0 Å². The molecule has 1 N–H and O–H groups in total. The summed E-state index contributed by atoms with van der Waals surface area (Å²) in [5.74, 6) is 0.274. The van der Waals surface area contributed by atoms with E-state index in [-0.39, 0.29) is 11.9 Å². The fourth-order valence-electron chi connectivity index (χ4n) is 1.63. The highest BCUT2D eigenvalue weighted by molar-refractivity contribution is 5.28. The Morgan fingerprint density at radius 3 is 2.79 bits per heavy atom. The van der Waals surface area contributed by atoms with Crippen LogP contribution in [0.4, 0.5) is 10.4 Å². The summed E-state index contributed by atoms with van der Waals surface area (Å²) in [4.78, 5) is 1.72. The van der Waals surface area contributed by atoms with Crippen molar-refractivity contribution in [3.8, 4) is 0 Å². The molecule has 5 nitrogen and oxygen atoms in total. The minimum Gasteiger partial charge on any atom is -0.406 e. The molecule has 0 aliphatic heterocycles. The van der Waals surface area contributed by atoms with Crippen molar-refractivity contribution in [3.63, 3.8) is 0 Å². The molecule has 0 saturated carbocycles. The normalized spacial score (nSPS) is 12.4. The van der Waals surface area contributed by atoms with Gasteiger partial charge in [0.15, 0.2) is 0 Å². The SMILES string of the molecule is CNC(C)c1nnc(N(C)Cc2ccccc2F)o1. The molecular weight excluding hydrogens is 247 g/mol. The molecule has 2 rings (SSSR count). The first kappa shape index (κ1) is 13.5. The van der Waals surface area contributed by atoms with E-state index in [1.165, 1.54) is 6.07 Å². The van der Waals surface area contributed by atoms with Crippen molar-refractivity contribution < 1.29 is 8.81 Å². The molecule has 6 heteroatoms. The second kappa shape index (κ2) is 5.79. The molecule has 0 aliphatic rings. The largest absolute Gasteiger partial charge is 0.406 e. The second-order valence-electron chi connectivity index (χ2n) is 4.38. The van der Waals surface area contributed by atoms with E-state index in [9.17, 15) is 4.39 Å². The van der Waals surface area contributed by atoms with E-state index in [4.69, 9.17) is 4.42 Å². The predicted octanol–water partition coefficient (Wildman–Crippen LogP) is 2.13. The summed E-state index contributed by atoms with van der Waals surface area (Å²) in [5.41, 5.74) is 0.589. The van der Waals surface area contributed by atoms with Crippen LogP contribution in [-0.2, 0) is 6.54 Å². The first-order chi connectivity index (χ1) is 9.11. The van der Waals surface area contributed by atoms with E-state index in [2.05, 4.69) is 15.5 Å². The number of hydrogen-bond donors (Lipinski definition) is 1. The lowest BCUT2D eigenvalue weighted by Crippen LogP contribution is -2.17. The standard InChI is InChI=1S/C13H17FN4O/c1-9(15-2)12-16-17-13(19-12)18(3)8-10-6-4-5-7-11(10)14/h4-7,9,15H,8H2,1-3H3. The molecule has 1 unspecified atom stereocenters. The van der Waals surface area contributed by atoms with Crippen LogP contribution >= 0.6 is 0 Å². The van der Waals surface area contributed by atoms with Crippen molar-refractivity contribution in [1.82, 2.24) is 15.5 Å². The average molecular weight is 264 g/mol. The topological polar surface area (TPSA) is 54.2 Å². The van der Waals surface area contributed by atoms with Gasteiger partial charge in [0.2, 0.25) is 5.89 Å². The van der Waals surface area contributed by atoms with Gasteiger partial charge in [0, 0.05) is 19.2 Å². The minimum absolute atomic E-state index is 0.0110. The Balaban J connectivity index is 2.10. The van der Waals surface area contributed by atoms with Crippen LogP contribution in [0.3, 0.4) is 0 Å².